The third-order valence-electron chi connectivity index (χ3n) is 3.36. The highest BCUT2D eigenvalue weighted by Crippen LogP contribution is 2.24. The number of piperidine rings is 1. The molecule has 1 aliphatic heterocycles. The van der Waals surface area contributed by atoms with Crippen LogP contribution in [0.2, 0.25) is 0 Å². The Bertz CT molecular complexity index is 507. The van der Waals surface area contributed by atoms with E-state index in [4.69, 9.17) is 4.74 Å². The van der Waals surface area contributed by atoms with Gasteiger partial charge in [0, 0.05) is 17.6 Å². The number of benzene rings is 1. The number of nitrogens with zero attached hydrogens (tertiary/aromatic N) is 1. The van der Waals surface area contributed by atoms with Crippen molar-refractivity contribution in [1.82, 2.24) is 4.90 Å². The largest absolute Gasteiger partial charge is 0.453 e. The monoisotopic (exact) mass is 340 g/mol. The van der Waals surface area contributed by atoms with E-state index in [1.54, 1.807) is 4.90 Å². The molecule has 1 aromatic carbocycles. The predicted molar refractivity (Wildman–Crippen MR) is 79.5 cm³/mol. The van der Waals surface area contributed by atoms with E-state index in [1.807, 2.05) is 24.3 Å². The summed E-state index contributed by atoms with van der Waals surface area (Å²) in [6.45, 7) is 1.05. The van der Waals surface area contributed by atoms with Gasteiger partial charge >= 0.3 is 6.09 Å². The fourth-order valence-electron chi connectivity index (χ4n) is 2.28. The van der Waals surface area contributed by atoms with Crippen molar-refractivity contribution in [3.63, 3.8) is 0 Å². The van der Waals surface area contributed by atoms with Crippen LogP contribution in [0.1, 0.15) is 12.8 Å². The second-order valence-corrected chi connectivity index (χ2v) is 5.58. The average Bonchev–Trinajstić information content (AvgIpc) is 2.49. The molecule has 1 fully saturated rings. The summed E-state index contributed by atoms with van der Waals surface area (Å²) in [6, 6.07) is 7.46. The molecule has 1 atom stereocenters. The molecule has 1 aromatic rings. The first-order valence-corrected chi connectivity index (χ1v) is 7.29. The first-order valence-electron chi connectivity index (χ1n) is 6.50. The zero-order chi connectivity index (χ0) is 14.5. The lowest BCUT2D eigenvalue weighted by Crippen LogP contribution is -2.43. The van der Waals surface area contributed by atoms with Crippen LogP contribution in [-0.2, 0) is 9.53 Å². The summed E-state index contributed by atoms with van der Waals surface area (Å²) in [4.78, 5) is 25.4. The lowest BCUT2D eigenvalue weighted by molar-refractivity contribution is -0.121. The Morgan fingerprint density at radius 2 is 2.15 bits per heavy atom. The predicted octanol–water partition coefficient (Wildman–Crippen LogP) is 2.87. The molecule has 0 aromatic heterocycles. The van der Waals surface area contributed by atoms with Crippen LogP contribution >= 0.6 is 15.9 Å². The molecule has 0 spiro atoms. The molecule has 0 saturated carbocycles. The Morgan fingerprint density at radius 3 is 2.85 bits per heavy atom. The van der Waals surface area contributed by atoms with Gasteiger partial charge in [-0.15, -0.1) is 0 Å². The average molecular weight is 341 g/mol. The van der Waals surface area contributed by atoms with E-state index in [9.17, 15) is 9.59 Å². The Balaban J connectivity index is 1.99. The maximum atomic E-state index is 12.3. The third kappa shape index (κ3) is 3.50. The zero-order valence-electron chi connectivity index (χ0n) is 11.3. The van der Waals surface area contributed by atoms with Crippen LogP contribution in [0.4, 0.5) is 10.5 Å². The van der Waals surface area contributed by atoms with E-state index >= 15 is 0 Å². The van der Waals surface area contributed by atoms with Gasteiger partial charge in [-0.1, -0.05) is 12.1 Å². The number of hydrogen-bond acceptors (Lipinski definition) is 3. The molecule has 0 bridgehead atoms. The third-order valence-corrected chi connectivity index (χ3v) is 4.05. The maximum Gasteiger partial charge on any atom is 0.409 e. The summed E-state index contributed by atoms with van der Waals surface area (Å²) in [6.07, 6.45) is 1.22. The quantitative estimate of drug-likeness (QED) is 0.900. The van der Waals surface area contributed by atoms with Crippen molar-refractivity contribution < 1.29 is 14.3 Å². The van der Waals surface area contributed by atoms with Gasteiger partial charge < -0.3 is 15.0 Å². The van der Waals surface area contributed by atoms with E-state index in [2.05, 4.69) is 21.2 Å². The summed E-state index contributed by atoms with van der Waals surface area (Å²) in [7, 11) is 1.35. The summed E-state index contributed by atoms with van der Waals surface area (Å²) in [5.74, 6) is -0.263. The van der Waals surface area contributed by atoms with E-state index in [1.165, 1.54) is 7.11 Å². The van der Waals surface area contributed by atoms with Crippen molar-refractivity contribution in [2.24, 2.45) is 5.92 Å². The number of methoxy groups -OCH3 is 1. The normalized spacial score (nSPS) is 18.5. The van der Waals surface area contributed by atoms with Crippen molar-refractivity contribution >= 4 is 33.6 Å². The Morgan fingerprint density at radius 1 is 1.40 bits per heavy atom. The molecule has 0 radical (unpaired) electrons. The number of carbonyl (C=O) groups excluding carboxylic acids is 2. The molecule has 1 aliphatic rings. The fraction of sp³-hybridized carbons (Fsp3) is 0.429. The molecule has 1 unspecified atom stereocenters. The van der Waals surface area contributed by atoms with Crippen LogP contribution < -0.4 is 5.32 Å². The number of anilines is 1. The van der Waals surface area contributed by atoms with Crippen LogP contribution in [0, 0.1) is 5.92 Å². The van der Waals surface area contributed by atoms with Crippen molar-refractivity contribution in [1.29, 1.82) is 0 Å². The zero-order valence-corrected chi connectivity index (χ0v) is 12.9. The van der Waals surface area contributed by atoms with E-state index < -0.39 is 0 Å². The standard InChI is InChI=1S/C14H17BrN2O3/c1-20-14(19)17-8-4-5-10(9-17)13(18)16-12-7-3-2-6-11(12)15/h2-3,6-7,10H,4-5,8-9H2,1H3,(H,16,18). The van der Waals surface area contributed by atoms with Crippen LogP contribution in [0.5, 0.6) is 0 Å². The van der Waals surface area contributed by atoms with Gasteiger partial charge in [-0.05, 0) is 40.9 Å². The van der Waals surface area contributed by atoms with Crippen LogP contribution in [-0.4, -0.2) is 37.1 Å². The number of carbonyl (C=O) groups is 2. The molecule has 1 heterocycles. The van der Waals surface area contributed by atoms with Crippen molar-refractivity contribution in [3.8, 4) is 0 Å². The maximum absolute atomic E-state index is 12.3. The molecule has 6 heteroatoms. The number of hydrogen-bond donors (Lipinski definition) is 1. The molecule has 108 valence electrons. The van der Waals surface area contributed by atoms with Gasteiger partial charge in [0.2, 0.25) is 5.91 Å². The lowest BCUT2D eigenvalue weighted by Gasteiger charge is -2.30. The van der Waals surface area contributed by atoms with Crippen LogP contribution in [0.25, 0.3) is 0 Å². The summed E-state index contributed by atoms with van der Waals surface area (Å²) >= 11 is 3.40. The Hall–Kier alpha value is -1.56. The fourth-order valence-corrected chi connectivity index (χ4v) is 2.67. The Labute approximate surface area is 126 Å². The van der Waals surface area contributed by atoms with Gasteiger partial charge in [0.05, 0.1) is 18.7 Å². The summed E-state index contributed by atoms with van der Waals surface area (Å²) < 4.78 is 5.54. The van der Waals surface area contributed by atoms with Gasteiger partial charge in [0.25, 0.3) is 0 Å². The van der Waals surface area contributed by atoms with Gasteiger partial charge in [0.15, 0.2) is 0 Å². The molecule has 20 heavy (non-hydrogen) atoms. The molecule has 2 amide bonds. The smallest absolute Gasteiger partial charge is 0.409 e. The minimum absolute atomic E-state index is 0.0643. The number of para-hydroxylation sites is 1. The molecule has 5 nitrogen and oxygen atoms in total. The van der Waals surface area contributed by atoms with E-state index in [-0.39, 0.29) is 17.9 Å². The SMILES string of the molecule is COC(=O)N1CCCC(C(=O)Nc2ccccc2Br)C1. The van der Waals surface area contributed by atoms with Crippen LogP contribution in [0.15, 0.2) is 28.7 Å². The molecular weight excluding hydrogens is 324 g/mol. The lowest BCUT2D eigenvalue weighted by atomic mass is 9.97. The van der Waals surface area contributed by atoms with E-state index in [0.29, 0.717) is 13.1 Å². The second kappa shape index (κ2) is 6.74. The number of ether oxygens (including phenoxy) is 1. The van der Waals surface area contributed by atoms with Crippen molar-refractivity contribution in [2.45, 2.75) is 12.8 Å². The summed E-state index contributed by atoms with van der Waals surface area (Å²) in [5.41, 5.74) is 0.743. The molecule has 1 saturated heterocycles. The number of nitrogens with one attached hydrogen (secondary N) is 1. The minimum Gasteiger partial charge on any atom is -0.453 e. The molecule has 1 N–H and O–H groups in total. The van der Waals surface area contributed by atoms with Crippen molar-refractivity contribution in [2.75, 3.05) is 25.5 Å². The highest BCUT2D eigenvalue weighted by molar-refractivity contribution is 9.10. The van der Waals surface area contributed by atoms with Crippen LogP contribution in [0.3, 0.4) is 0 Å². The highest BCUT2D eigenvalue weighted by atomic mass is 79.9. The van der Waals surface area contributed by atoms with Gasteiger partial charge in [-0.3, -0.25) is 4.79 Å². The van der Waals surface area contributed by atoms with Gasteiger partial charge in [0.1, 0.15) is 0 Å². The Kier molecular flexibility index (Phi) is 5.00. The molecular formula is C14H17BrN2O3. The van der Waals surface area contributed by atoms with E-state index in [0.717, 1.165) is 23.0 Å². The van der Waals surface area contributed by atoms with Gasteiger partial charge in [-0.2, -0.15) is 0 Å². The first kappa shape index (κ1) is 14.8. The molecule has 0 aliphatic carbocycles. The topological polar surface area (TPSA) is 58.6 Å². The van der Waals surface area contributed by atoms with Gasteiger partial charge in [-0.25, -0.2) is 4.79 Å². The van der Waals surface area contributed by atoms with Crippen molar-refractivity contribution in [3.05, 3.63) is 28.7 Å². The first-order chi connectivity index (χ1) is 9.61. The number of rotatable bonds is 2. The number of likely N-dealkylation sites (tertiary alicyclic amines) is 1. The number of halogens is 1. The highest BCUT2D eigenvalue weighted by Gasteiger charge is 2.29. The second-order valence-electron chi connectivity index (χ2n) is 4.72. The number of amides is 2. The summed E-state index contributed by atoms with van der Waals surface area (Å²) in [5, 5.41) is 2.89. The molecule has 2 rings (SSSR count). The minimum atomic E-state index is -0.372.